The summed E-state index contributed by atoms with van der Waals surface area (Å²) in [7, 11) is 0. The van der Waals surface area contributed by atoms with Crippen LogP contribution in [0.5, 0.6) is 0 Å². The van der Waals surface area contributed by atoms with Crippen molar-refractivity contribution in [1.29, 1.82) is 0 Å². The fraction of sp³-hybridized carbons (Fsp3) is 0.929. The van der Waals surface area contributed by atoms with E-state index in [-0.39, 0.29) is 5.97 Å². The smallest absolute Gasteiger partial charge is 0.315 e. The molecule has 0 heterocycles. The molecule has 1 saturated carbocycles. The van der Waals surface area contributed by atoms with E-state index in [0.29, 0.717) is 29.1 Å². The zero-order valence-corrected chi connectivity index (χ0v) is 12.9. The Kier molecular flexibility index (Phi) is 6.50. The SMILES string of the molecule is CCCNC1C(SCC(=O)OCC)CCC1(C)C. The first-order valence-electron chi connectivity index (χ1n) is 7.02. The summed E-state index contributed by atoms with van der Waals surface area (Å²) < 4.78 is 4.99. The van der Waals surface area contributed by atoms with Crippen molar-refractivity contribution in [2.45, 2.75) is 58.2 Å². The quantitative estimate of drug-likeness (QED) is 0.724. The van der Waals surface area contributed by atoms with Crippen LogP contribution in [0.15, 0.2) is 0 Å². The Bertz CT molecular complexity index is 269. The summed E-state index contributed by atoms with van der Waals surface area (Å²) in [6.45, 7) is 10.2. The minimum Gasteiger partial charge on any atom is -0.465 e. The molecule has 2 atom stereocenters. The fourth-order valence-corrected chi connectivity index (χ4v) is 3.98. The summed E-state index contributed by atoms with van der Waals surface area (Å²) in [4.78, 5) is 11.4. The summed E-state index contributed by atoms with van der Waals surface area (Å²) in [5.41, 5.74) is 0.335. The van der Waals surface area contributed by atoms with E-state index in [0.717, 1.165) is 13.0 Å². The van der Waals surface area contributed by atoms with E-state index in [4.69, 9.17) is 4.74 Å². The van der Waals surface area contributed by atoms with Gasteiger partial charge in [0.05, 0.1) is 12.4 Å². The molecule has 1 fully saturated rings. The normalized spacial score (nSPS) is 26.2. The van der Waals surface area contributed by atoms with E-state index in [1.54, 1.807) is 11.8 Å². The molecule has 0 saturated heterocycles. The van der Waals surface area contributed by atoms with Crippen LogP contribution in [0.3, 0.4) is 0 Å². The second-order valence-corrected chi connectivity index (χ2v) is 6.84. The largest absolute Gasteiger partial charge is 0.465 e. The van der Waals surface area contributed by atoms with Gasteiger partial charge in [-0.25, -0.2) is 0 Å². The number of ether oxygens (including phenoxy) is 1. The van der Waals surface area contributed by atoms with Crippen LogP contribution in [0.1, 0.15) is 47.0 Å². The Morgan fingerprint density at radius 2 is 2.17 bits per heavy atom. The summed E-state index contributed by atoms with van der Waals surface area (Å²) >= 11 is 1.76. The average molecular weight is 273 g/mol. The number of rotatable bonds is 7. The molecule has 0 aromatic rings. The molecule has 0 aliphatic heterocycles. The molecule has 3 nitrogen and oxygen atoms in total. The average Bonchev–Trinajstić information content (AvgIpc) is 2.59. The molecule has 1 aliphatic carbocycles. The second kappa shape index (κ2) is 7.39. The highest BCUT2D eigenvalue weighted by molar-refractivity contribution is 8.00. The van der Waals surface area contributed by atoms with Crippen molar-refractivity contribution in [3.63, 3.8) is 0 Å². The maximum atomic E-state index is 11.4. The molecule has 0 aromatic carbocycles. The predicted octanol–water partition coefficient (Wildman–Crippen LogP) is 2.84. The molecule has 0 aromatic heterocycles. The standard InChI is InChI=1S/C14H27NO2S/c1-5-9-15-13-11(7-8-14(13,3)4)18-10-12(16)17-6-2/h11,13,15H,5-10H2,1-4H3. The van der Waals surface area contributed by atoms with Crippen molar-refractivity contribution in [1.82, 2.24) is 5.32 Å². The van der Waals surface area contributed by atoms with Gasteiger partial charge in [0.15, 0.2) is 0 Å². The van der Waals surface area contributed by atoms with E-state index in [1.165, 1.54) is 12.8 Å². The Morgan fingerprint density at radius 3 is 2.78 bits per heavy atom. The third kappa shape index (κ3) is 4.47. The first-order chi connectivity index (χ1) is 8.51. The van der Waals surface area contributed by atoms with Gasteiger partial charge in [0, 0.05) is 11.3 Å². The zero-order valence-electron chi connectivity index (χ0n) is 12.1. The van der Waals surface area contributed by atoms with Crippen molar-refractivity contribution in [2.75, 3.05) is 18.9 Å². The zero-order chi connectivity index (χ0) is 13.6. The molecular formula is C14H27NO2S. The second-order valence-electron chi connectivity index (χ2n) is 5.61. The van der Waals surface area contributed by atoms with Crippen LogP contribution in [-0.2, 0) is 9.53 Å². The fourth-order valence-electron chi connectivity index (χ4n) is 2.60. The lowest BCUT2D eigenvalue weighted by atomic mass is 9.87. The molecule has 1 rings (SSSR count). The van der Waals surface area contributed by atoms with Gasteiger partial charge in [-0.05, 0) is 38.1 Å². The number of carbonyl (C=O) groups is 1. The predicted molar refractivity (Wildman–Crippen MR) is 78.0 cm³/mol. The lowest BCUT2D eigenvalue weighted by molar-refractivity contribution is -0.139. The third-order valence-corrected chi connectivity index (χ3v) is 4.96. The molecule has 18 heavy (non-hydrogen) atoms. The van der Waals surface area contributed by atoms with Gasteiger partial charge in [-0.15, -0.1) is 11.8 Å². The minimum atomic E-state index is -0.0820. The molecule has 0 amide bonds. The first-order valence-corrected chi connectivity index (χ1v) is 8.06. The number of hydrogen-bond donors (Lipinski definition) is 1. The van der Waals surface area contributed by atoms with Gasteiger partial charge in [-0.1, -0.05) is 20.8 Å². The van der Waals surface area contributed by atoms with Gasteiger partial charge in [-0.3, -0.25) is 4.79 Å². The maximum absolute atomic E-state index is 11.4. The highest BCUT2D eigenvalue weighted by Gasteiger charge is 2.41. The number of carbonyl (C=O) groups excluding carboxylic acids is 1. The Morgan fingerprint density at radius 1 is 1.44 bits per heavy atom. The molecule has 0 bridgehead atoms. The summed E-state index contributed by atoms with van der Waals surface area (Å²) in [5, 5.41) is 4.19. The molecule has 2 unspecified atom stereocenters. The Balaban J connectivity index is 2.45. The topological polar surface area (TPSA) is 38.3 Å². The van der Waals surface area contributed by atoms with Crippen molar-refractivity contribution < 1.29 is 9.53 Å². The molecule has 4 heteroatoms. The molecule has 106 valence electrons. The first kappa shape index (κ1) is 15.8. The highest BCUT2D eigenvalue weighted by atomic mass is 32.2. The van der Waals surface area contributed by atoms with Gasteiger partial charge in [0.25, 0.3) is 0 Å². The van der Waals surface area contributed by atoms with Gasteiger partial charge in [0.2, 0.25) is 0 Å². The highest BCUT2D eigenvalue weighted by Crippen LogP contribution is 2.42. The summed E-state index contributed by atoms with van der Waals surface area (Å²) in [5.74, 6) is 0.403. The Labute approximate surface area is 115 Å². The van der Waals surface area contributed by atoms with Crippen molar-refractivity contribution in [3.8, 4) is 0 Å². The van der Waals surface area contributed by atoms with Gasteiger partial charge in [-0.2, -0.15) is 0 Å². The molecule has 1 N–H and O–H groups in total. The summed E-state index contributed by atoms with van der Waals surface area (Å²) in [6.07, 6.45) is 3.58. The molecular weight excluding hydrogens is 246 g/mol. The van der Waals surface area contributed by atoms with Crippen LogP contribution in [-0.4, -0.2) is 36.2 Å². The van der Waals surface area contributed by atoms with Crippen LogP contribution in [0.4, 0.5) is 0 Å². The molecule has 1 aliphatic rings. The van der Waals surface area contributed by atoms with E-state index in [1.807, 2.05) is 6.92 Å². The van der Waals surface area contributed by atoms with Crippen molar-refractivity contribution >= 4 is 17.7 Å². The maximum Gasteiger partial charge on any atom is 0.315 e. The lowest BCUT2D eigenvalue weighted by Crippen LogP contribution is -2.44. The van der Waals surface area contributed by atoms with E-state index >= 15 is 0 Å². The number of esters is 1. The molecule has 0 radical (unpaired) electrons. The molecule has 0 spiro atoms. The Hall–Kier alpha value is -0.220. The van der Waals surface area contributed by atoms with Crippen LogP contribution in [0.25, 0.3) is 0 Å². The van der Waals surface area contributed by atoms with Crippen LogP contribution >= 0.6 is 11.8 Å². The van der Waals surface area contributed by atoms with Gasteiger partial charge < -0.3 is 10.1 Å². The van der Waals surface area contributed by atoms with Crippen LogP contribution in [0, 0.1) is 5.41 Å². The van der Waals surface area contributed by atoms with E-state index in [2.05, 4.69) is 26.1 Å². The number of thioether (sulfide) groups is 1. The minimum absolute atomic E-state index is 0.0820. The third-order valence-electron chi connectivity index (χ3n) is 3.62. The van der Waals surface area contributed by atoms with Gasteiger partial charge in [0.1, 0.15) is 0 Å². The summed E-state index contributed by atoms with van der Waals surface area (Å²) in [6, 6.07) is 0.511. The van der Waals surface area contributed by atoms with Crippen molar-refractivity contribution in [2.24, 2.45) is 5.41 Å². The number of nitrogens with one attached hydrogen (secondary N) is 1. The lowest BCUT2D eigenvalue weighted by Gasteiger charge is -2.31. The van der Waals surface area contributed by atoms with Crippen LogP contribution in [0.2, 0.25) is 0 Å². The van der Waals surface area contributed by atoms with E-state index < -0.39 is 0 Å². The van der Waals surface area contributed by atoms with Crippen molar-refractivity contribution in [3.05, 3.63) is 0 Å². The van der Waals surface area contributed by atoms with Crippen LogP contribution < -0.4 is 5.32 Å². The number of hydrogen-bond acceptors (Lipinski definition) is 4. The van der Waals surface area contributed by atoms with Gasteiger partial charge >= 0.3 is 5.97 Å². The monoisotopic (exact) mass is 273 g/mol. The van der Waals surface area contributed by atoms with E-state index in [9.17, 15) is 4.79 Å².